The molecule has 70 heavy (non-hydrogen) atoms. The minimum absolute atomic E-state index is 1.17. The molecule has 332 valence electrons. The molecule has 12 aromatic rings. The van der Waals surface area contributed by atoms with Crippen LogP contribution in [0.1, 0.15) is 0 Å². The Hall–Kier alpha value is -7.98. The average molecular weight is 929 g/mol. The Bertz CT molecular complexity index is 3580. The van der Waals surface area contributed by atoms with Gasteiger partial charge in [-0.1, -0.05) is 280 Å². The first-order valence-electron chi connectivity index (χ1n) is 24.0. The van der Waals surface area contributed by atoms with Crippen molar-refractivity contribution < 1.29 is 0 Å². The van der Waals surface area contributed by atoms with E-state index in [0.717, 1.165) is 0 Å². The standard InChI is InChI=1S/C68H50P2/c1-69(53-35-19-7-20-36-53,54-37-21-8-22-38-54)57-43-45-59-61(47-57)65(51-31-15-5-16-32-51)67-64(50-29-13-4-14-30-50)60-46-44-58(70(2,55-39-23-9-24-40-55)56-41-25-10-26-42-56)48-62(60)66(52-33-17-6-18-34-52)68(67)63(59)49-27-11-3-12-28-49/h3-48H,1-2H2. The number of rotatable bonds is 10. The number of fused-ring (bicyclic) bond motifs is 3. The highest BCUT2D eigenvalue weighted by molar-refractivity contribution is 7.93. The lowest BCUT2D eigenvalue weighted by Gasteiger charge is -2.30. The summed E-state index contributed by atoms with van der Waals surface area (Å²) in [5, 5.41) is 14.7. The third-order valence-electron chi connectivity index (χ3n) is 14.3. The van der Waals surface area contributed by atoms with Crippen molar-refractivity contribution in [2.75, 3.05) is 0 Å². The third kappa shape index (κ3) is 7.23. The average Bonchev–Trinajstić information content (AvgIpc) is 3.45. The summed E-state index contributed by atoms with van der Waals surface area (Å²) in [6.45, 7) is -4.76. The maximum absolute atomic E-state index is 5.27. The first kappa shape index (κ1) is 43.3. The molecule has 0 fully saturated rings. The van der Waals surface area contributed by atoms with E-state index in [1.165, 1.54) is 109 Å². The van der Waals surface area contributed by atoms with Crippen LogP contribution in [-0.4, -0.2) is 12.6 Å². The third-order valence-corrected chi connectivity index (χ3v) is 21.3. The maximum Gasteiger partial charge on any atom is -0.000139 e. The van der Waals surface area contributed by atoms with Crippen molar-refractivity contribution in [2.45, 2.75) is 0 Å². The molecule has 12 rings (SSSR count). The van der Waals surface area contributed by atoms with E-state index in [-0.39, 0.29) is 0 Å². The van der Waals surface area contributed by atoms with Gasteiger partial charge >= 0.3 is 0 Å². The Kier molecular flexibility index (Phi) is 11.2. The monoisotopic (exact) mass is 928 g/mol. The van der Waals surface area contributed by atoms with Crippen LogP contribution in [0.3, 0.4) is 0 Å². The van der Waals surface area contributed by atoms with Crippen LogP contribution in [0.25, 0.3) is 76.8 Å². The normalized spacial score (nSPS) is 11.8. The van der Waals surface area contributed by atoms with E-state index in [1.807, 2.05) is 0 Å². The maximum atomic E-state index is 5.27. The largest absolute Gasteiger partial charge is 0.0887 e. The Morgan fingerprint density at radius 2 is 0.414 bits per heavy atom. The first-order valence-corrected chi connectivity index (χ1v) is 27.9. The van der Waals surface area contributed by atoms with Gasteiger partial charge in [0.2, 0.25) is 0 Å². The lowest BCUT2D eigenvalue weighted by Crippen LogP contribution is -2.25. The van der Waals surface area contributed by atoms with Crippen molar-refractivity contribution in [3.63, 3.8) is 0 Å². The highest BCUT2D eigenvalue weighted by atomic mass is 31.2. The Labute approximate surface area is 411 Å². The van der Waals surface area contributed by atoms with Gasteiger partial charge < -0.3 is 0 Å². The van der Waals surface area contributed by atoms with E-state index in [2.05, 4.69) is 279 Å². The minimum Gasteiger partial charge on any atom is -0.0887 e. The molecule has 0 bridgehead atoms. The second kappa shape index (κ2) is 18.2. The lowest BCUT2D eigenvalue weighted by molar-refractivity contribution is 1.63. The van der Waals surface area contributed by atoms with Gasteiger partial charge in [-0.05, 0) is 135 Å². The van der Waals surface area contributed by atoms with E-state index < -0.39 is 13.8 Å². The van der Waals surface area contributed by atoms with Crippen LogP contribution in [0.4, 0.5) is 0 Å². The summed E-state index contributed by atoms with van der Waals surface area (Å²) in [7, 11) is 0. The van der Waals surface area contributed by atoms with Crippen LogP contribution < -0.4 is 31.8 Å². The van der Waals surface area contributed by atoms with E-state index in [9.17, 15) is 0 Å². The van der Waals surface area contributed by atoms with Crippen LogP contribution in [0.2, 0.25) is 0 Å². The van der Waals surface area contributed by atoms with Crippen molar-refractivity contribution in [3.05, 3.63) is 279 Å². The van der Waals surface area contributed by atoms with Crippen LogP contribution >= 0.6 is 13.8 Å². The van der Waals surface area contributed by atoms with Gasteiger partial charge in [-0.25, -0.2) is 0 Å². The van der Waals surface area contributed by atoms with Gasteiger partial charge in [-0.2, -0.15) is 0 Å². The van der Waals surface area contributed by atoms with E-state index >= 15 is 0 Å². The Balaban J connectivity index is 1.34. The van der Waals surface area contributed by atoms with Gasteiger partial charge in [0.25, 0.3) is 0 Å². The molecule has 0 atom stereocenters. The SMILES string of the molecule is C=P(c1ccccc1)(c1ccccc1)c1ccc2c(-c3ccccc3)c3c(-c4ccccc4)c4cc(P(=C)(c5ccccc5)c5ccccc5)ccc4c(-c4ccccc4)c3c(-c3ccccc3)c2c1. The Morgan fingerprint density at radius 1 is 0.200 bits per heavy atom. The summed E-state index contributed by atoms with van der Waals surface area (Å²) in [5.74, 6) is 0. The van der Waals surface area contributed by atoms with Gasteiger partial charge in [0.05, 0.1) is 0 Å². The molecular formula is C68H50P2. The second-order valence-electron chi connectivity index (χ2n) is 18.1. The van der Waals surface area contributed by atoms with Gasteiger partial charge in [-0.3, -0.25) is 0 Å². The molecule has 0 aromatic heterocycles. The zero-order chi connectivity index (χ0) is 47.1. The van der Waals surface area contributed by atoms with Gasteiger partial charge in [0.15, 0.2) is 0 Å². The molecule has 0 saturated heterocycles. The summed E-state index contributed by atoms with van der Waals surface area (Å²) in [6, 6.07) is 103. The predicted octanol–water partition coefficient (Wildman–Crippen LogP) is 15.3. The molecule has 0 amide bonds. The topological polar surface area (TPSA) is 0 Å². The molecule has 0 N–H and O–H groups in total. The number of hydrogen-bond donors (Lipinski definition) is 0. The summed E-state index contributed by atoms with van der Waals surface area (Å²) in [4.78, 5) is 0. The molecule has 0 aliphatic rings. The summed E-state index contributed by atoms with van der Waals surface area (Å²) < 4.78 is 0. The minimum atomic E-state index is -2.38. The number of hydrogen-bond acceptors (Lipinski definition) is 0. The molecule has 2 heteroatoms. The second-order valence-corrected chi connectivity index (χ2v) is 24.5. The molecular weight excluding hydrogens is 879 g/mol. The van der Waals surface area contributed by atoms with Crippen molar-refractivity contribution in [2.24, 2.45) is 0 Å². The van der Waals surface area contributed by atoms with Crippen LogP contribution in [0, 0.1) is 0 Å². The fourth-order valence-corrected chi connectivity index (χ4v) is 16.8. The van der Waals surface area contributed by atoms with E-state index in [0.29, 0.717) is 0 Å². The lowest BCUT2D eigenvalue weighted by atomic mass is 9.77. The van der Waals surface area contributed by atoms with Crippen LogP contribution in [-0.2, 0) is 0 Å². The first-order chi connectivity index (χ1) is 34.5. The molecule has 0 spiro atoms. The van der Waals surface area contributed by atoms with Crippen molar-refractivity contribution in [3.8, 4) is 44.5 Å². The van der Waals surface area contributed by atoms with Gasteiger partial charge in [0.1, 0.15) is 0 Å². The fraction of sp³-hybridized carbons (Fsp3) is 0. The van der Waals surface area contributed by atoms with Gasteiger partial charge in [0, 0.05) is 0 Å². The number of benzene rings is 12. The molecule has 0 radical (unpaired) electrons. The van der Waals surface area contributed by atoms with E-state index in [1.54, 1.807) is 0 Å². The van der Waals surface area contributed by atoms with Crippen molar-refractivity contribution >= 4 is 90.5 Å². The quantitative estimate of drug-likeness (QED) is 0.0947. The van der Waals surface area contributed by atoms with Crippen molar-refractivity contribution in [1.82, 2.24) is 0 Å². The van der Waals surface area contributed by atoms with Crippen LogP contribution in [0.5, 0.6) is 0 Å². The predicted molar refractivity (Wildman–Crippen MR) is 312 cm³/mol. The zero-order valence-corrected chi connectivity index (χ0v) is 40.7. The fourth-order valence-electron chi connectivity index (χ4n) is 10.9. The zero-order valence-electron chi connectivity index (χ0n) is 38.9. The molecule has 0 nitrogen and oxygen atoms in total. The molecule has 0 heterocycles. The molecule has 12 aromatic carbocycles. The molecule has 0 unspecified atom stereocenters. The highest BCUT2D eigenvalue weighted by Gasteiger charge is 2.30. The van der Waals surface area contributed by atoms with Gasteiger partial charge in [-0.15, -0.1) is 0 Å². The molecule has 0 saturated carbocycles. The van der Waals surface area contributed by atoms with Crippen molar-refractivity contribution in [1.29, 1.82) is 0 Å². The molecule has 0 aliphatic heterocycles. The van der Waals surface area contributed by atoms with E-state index in [4.69, 9.17) is 12.6 Å². The van der Waals surface area contributed by atoms with Crippen LogP contribution in [0.15, 0.2) is 279 Å². The summed E-state index contributed by atoms with van der Waals surface area (Å²) >= 11 is 0. The molecule has 0 aliphatic carbocycles. The summed E-state index contributed by atoms with van der Waals surface area (Å²) in [5.41, 5.74) is 9.55. The highest BCUT2D eigenvalue weighted by Crippen LogP contribution is 2.55. The Morgan fingerprint density at radius 3 is 0.657 bits per heavy atom. The summed E-state index contributed by atoms with van der Waals surface area (Å²) in [6.07, 6.45) is 10.5. The smallest absolute Gasteiger partial charge is 0.000139 e.